The number of carbonyl (C=O) groups is 1. The van der Waals surface area contributed by atoms with Crippen molar-refractivity contribution >= 4 is 28.5 Å². The Hall–Kier alpha value is -4.43. The Bertz CT molecular complexity index is 1980. The zero-order valence-electron chi connectivity index (χ0n) is 22.9. The van der Waals surface area contributed by atoms with Crippen molar-refractivity contribution in [1.82, 2.24) is 0 Å². The van der Waals surface area contributed by atoms with Crippen LogP contribution in [0.1, 0.15) is 22.8 Å². The average Bonchev–Trinajstić information content (AvgIpc) is 3.01. The van der Waals surface area contributed by atoms with Crippen LogP contribution >= 0.6 is 11.6 Å². The Kier molecular flexibility index (Phi) is 5.51. The fraction of sp³-hybridized carbons (Fsp3) is 0.200. The van der Waals surface area contributed by atoms with E-state index >= 15 is 0 Å². The van der Waals surface area contributed by atoms with Gasteiger partial charge in [-0.15, -0.1) is 0 Å². The van der Waals surface area contributed by atoms with Gasteiger partial charge >= 0.3 is 5.97 Å². The number of rotatable bonds is 3. The molecular formula is C35H25ClO7. The van der Waals surface area contributed by atoms with Crippen molar-refractivity contribution in [1.29, 1.82) is 0 Å². The van der Waals surface area contributed by atoms with E-state index in [1.165, 1.54) is 18.2 Å². The first kappa shape index (κ1) is 26.2. The molecule has 0 spiro atoms. The number of allylic oxidation sites excluding steroid dienone is 4. The van der Waals surface area contributed by atoms with Gasteiger partial charge in [0.1, 0.15) is 28.3 Å². The highest BCUT2D eigenvalue weighted by atomic mass is 35.5. The molecule has 3 fully saturated rings. The van der Waals surface area contributed by atoms with Crippen molar-refractivity contribution in [2.24, 2.45) is 23.7 Å². The zero-order chi connectivity index (χ0) is 29.7. The molecule has 4 aliphatic carbocycles. The van der Waals surface area contributed by atoms with Gasteiger partial charge in [0.2, 0.25) is 0 Å². The summed E-state index contributed by atoms with van der Waals surface area (Å²) >= 11 is 6.37. The van der Waals surface area contributed by atoms with Crippen molar-refractivity contribution in [3.8, 4) is 28.2 Å². The topological polar surface area (TPSA) is 106 Å². The van der Waals surface area contributed by atoms with Crippen molar-refractivity contribution < 1.29 is 29.2 Å². The van der Waals surface area contributed by atoms with Gasteiger partial charge in [0.05, 0.1) is 10.6 Å². The van der Waals surface area contributed by atoms with E-state index in [1.807, 2.05) is 24.3 Å². The highest BCUT2D eigenvalue weighted by Crippen LogP contribution is 2.65. The molecule has 2 N–H and O–H groups in total. The number of phenols is 1. The summed E-state index contributed by atoms with van der Waals surface area (Å²) in [6, 6.07) is 12.7. The zero-order valence-corrected chi connectivity index (χ0v) is 23.6. The number of benzene rings is 3. The minimum atomic E-state index is -1.17. The number of hydrogen-bond acceptors (Lipinski definition) is 6. The van der Waals surface area contributed by atoms with E-state index in [0.717, 1.165) is 0 Å². The van der Waals surface area contributed by atoms with Crippen LogP contribution < -0.4 is 5.43 Å². The normalized spacial score (nSPS) is 30.1. The lowest BCUT2D eigenvalue weighted by Crippen LogP contribution is -2.70. The van der Waals surface area contributed by atoms with E-state index in [1.54, 1.807) is 30.3 Å². The quantitative estimate of drug-likeness (QED) is 0.190. The average molecular weight is 593 g/mol. The molecular weight excluding hydrogens is 568 g/mol. The minimum Gasteiger partial charge on any atom is -0.506 e. The van der Waals surface area contributed by atoms with Crippen LogP contribution in [0.25, 0.3) is 33.4 Å². The van der Waals surface area contributed by atoms with E-state index in [0.29, 0.717) is 27.6 Å². The maximum atomic E-state index is 14.2. The second-order valence-corrected chi connectivity index (χ2v) is 12.2. The maximum Gasteiger partial charge on any atom is 0.336 e. The van der Waals surface area contributed by atoms with Gasteiger partial charge in [0, 0.05) is 57.9 Å². The van der Waals surface area contributed by atoms with Crippen molar-refractivity contribution in [3.05, 3.63) is 124 Å². The Balaban J connectivity index is 1.48. The van der Waals surface area contributed by atoms with Gasteiger partial charge in [-0.1, -0.05) is 78.4 Å². The number of fused-ring (bicyclic) bond motifs is 3. The highest BCUT2D eigenvalue weighted by molar-refractivity contribution is 6.33. The molecule has 214 valence electrons. The molecule has 0 radical (unpaired) electrons. The van der Waals surface area contributed by atoms with Gasteiger partial charge < -0.3 is 14.6 Å². The first-order valence-corrected chi connectivity index (χ1v) is 14.4. The Morgan fingerprint density at radius 2 is 1.51 bits per heavy atom. The third-order valence-corrected chi connectivity index (χ3v) is 9.98. The molecule has 3 heterocycles. The second kappa shape index (κ2) is 9.04. The lowest BCUT2D eigenvalue weighted by atomic mass is 9.49. The predicted molar refractivity (Wildman–Crippen MR) is 161 cm³/mol. The SMILES string of the molecule is CC12OOC(c3cc4c(-c5ccccc5C(=O)O)c5cc(Cl)c(O)cc5oc-4cc3=O)(C3C=CC=CC31)C1C=CC=CC12. The Labute approximate surface area is 250 Å². The van der Waals surface area contributed by atoms with Crippen LogP contribution in [0.15, 0.2) is 106 Å². The van der Waals surface area contributed by atoms with Crippen LogP contribution in [-0.4, -0.2) is 21.8 Å². The van der Waals surface area contributed by atoms with Crippen molar-refractivity contribution in [2.45, 2.75) is 18.1 Å². The van der Waals surface area contributed by atoms with Gasteiger partial charge in [-0.05, 0) is 30.7 Å². The number of phenolic OH excluding ortho intramolecular Hbond substituents is 1. The van der Waals surface area contributed by atoms with Gasteiger partial charge in [-0.3, -0.25) is 4.79 Å². The van der Waals surface area contributed by atoms with Crippen molar-refractivity contribution in [3.63, 3.8) is 0 Å². The van der Waals surface area contributed by atoms with E-state index in [-0.39, 0.29) is 56.8 Å². The predicted octanol–water partition coefficient (Wildman–Crippen LogP) is 7.27. The summed E-state index contributed by atoms with van der Waals surface area (Å²) < 4.78 is 6.18. The van der Waals surface area contributed by atoms with E-state index < -0.39 is 17.2 Å². The first-order valence-electron chi connectivity index (χ1n) is 14.1. The van der Waals surface area contributed by atoms with Crippen LogP contribution in [0.3, 0.4) is 0 Å². The minimum absolute atomic E-state index is 0.0611. The Morgan fingerprint density at radius 3 is 2.19 bits per heavy atom. The molecule has 7 nitrogen and oxygen atoms in total. The van der Waals surface area contributed by atoms with Crippen molar-refractivity contribution in [2.75, 3.05) is 0 Å². The van der Waals surface area contributed by atoms with Gasteiger partial charge in [-0.25, -0.2) is 14.6 Å². The largest absolute Gasteiger partial charge is 0.506 e. The molecule has 8 heteroatoms. The summed E-state index contributed by atoms with van der Waals surface area (Å²) in [5.41, 5.74) is 0.0221. The van der Waals surface area contributed by atoms with Crippen LogP contribution in [0.2, 0.25) is 5.02 Å². The molecule has 2 aromatic rings. The molecule has 1 saturated carbocycles. The number of aromatic carboxylic acids is 1. The smallest absolute Gasteiger partial charge is 0.336 e. The Morgan fingerprint density at radius 1 is 0.860 bits per heavy atom. The summed E-state index contributed by atoms with van der Waals surface area (Å²) in [7, 11) is 0. The number of carboxylic acid groups (broad SMARTS) is 1. The van der Waals surface area contributed by atoms with Gasteiger partial charge in [0.15, 0.2) is 5.43 Å². The molecule has 2 bridgehead atoms. The van der Waals surface area contributed by atoms with Gasteiger partial charge in [0.25, 0.3) is 0 Å². The molecule has 4 unspecified atom stereocenters. The molecule has 43 heavy (non-hydrogen) atoms. The third-order valence-electron chi connectivity index (χ3n) is 9.68. The maximum absolute atomic E-state index is 14.2. The van der Waals surface area contributed by atoms with Crippen LogP contribution in [0.4, 0.5) is 0 Å². The van der Waals surface area contributed by atoms with E-state index in [2.05, 4.69) is 31.2 Å². The number of carboxylic acids is 1. The molecule has 2 saturated heterocycles. The second-order valence-electron chi connectivity index (χ2n) is 11.8. The standard InChI is InChI=1S/C35H25ClO7/c1-34-22-10-4-6-12-24(22)35(43-42-34,25-13-7-5-11-23(25)34)26-14-20-30(16-28(26)37)41-31-17-29(38)27(36)15-21(31)32(20)18-8-2-3-9-19(18)33(39)40/h2-17,22-25,38H,1H3,(H,39,40). The molecule has 0 amide bonds. The van der Waals surface area contributed by atoms with E-state index in [9.17, 15) is 19.8 Å². The molecule has 4 atom stereocenters. The molecule has 9 rings (SSSR count). The molecule has 2 aromatic carbocycles. The summed E-state index contributed by atoms with van der Waals surface area (Å²) in [6.07, 6.45) is 16.4. The van der Waals surface area contributed by atoms with Crippen LogP contribution in [0, 0.1) is 23.7 Å². The fourth-order valence-electron chi connectivity index (χ4n) is 7.77. The third kappa shape index (κ3) is 3.44. The fourth-order valence-corrected chi connectivity index (χ4v) is 7.93. The summed E-state index contributed by atoms with van der Waals surface area (Å²) in [5, 5.41) is 21.1. The lowest BCUT2D eigenvalue weighted by molar-refractivity contribution is -0.511. The molecule has 7 aliphatic rings. The first-order chi connectivity index (χ1) is 20.7. The monoisotopic (exact) mass is 592 g/mol. The lowest BCUT2D eigenvalue weighted by Gasteiger charge is -2.64. The molecule has 3 aliphatic heterocycles. The summed E-state index contributed by atoms with van der Waals surface area (Å²) in [4.78, 5) is 39.2. The van der Waals surface area contributed by atoms with E-state index in [4.69, 9.17) is 25.8 Å². The van der Waals surface area contributed by atoms with Crippen LogP contribution in [0.5, 0.6) is 5.75 Å². The molecule has 0 aromatic heterocycles. The summed E-state index contributed by atoms with van der Waals surface area (Å²) in [5.74, 6) is -1.62. The number of halogens is 1. The number of aromatic hydroxyl groups is 1. The number of hydrogen-bond donors (Lipinski definition) is 2. The summed E-state index contributed by atoms with van der Waals surface area (Å²) in [6.45, 7) is 2.06. The van der Waals surface area contributed by atoms with Crippen LogP contribution in [-0.2, 0) is 15.4 Å². The highest BCUT2D eigenvalue weighted by Gasteiger charge is 2.70. The van der Waals surface area contributed by atoms with Gasteiger partial charge in [-0.2, -0.15) is 0 Å².